The fourth-order valence-electron chi connectivity index (χ4n) is 3.80. The zero-order chi connectivity index (χ0) is 22.3. The lowest BCUT2D eigenvalue weighted by Gasteiger charge is -2.50. The zero-order valence-electron chi connectivity index (χ0n) is 19.0. The second-order valence-electron chi connectivity index (χ2n) is 10.0. The number of benzene rings is 2. The van der Waals surface area contributed by atoms with Gasteiger partial charge in [-0.2, -0.15) is 0 Å². The van der Waals surface area contributed by atoms with E-state index in [-0.39, 0.29) is 6.09 Å². The van der Waals surface area contributed by atoms with Crippen LogP contribution in [-0.2, 0) is 15.0 Å². The number of alkyl carbamates (subject to hydrolysis) is 1. The number of ether oxygens (including phenoxy) is 2. The molecule has 0 saturated carbocycles. The van der Waals surface area contributed by atoms with Crippen molar-refractivity contribution in [3.05, 3.63) is 47.5 Å². The molecule has 0 aromatic heterocycles. The first-order valence-electron chi connectivity index (χ1n) is 10.3. The molecule has 162 valence electrons. The lowest BCUT2D eigenvalue weighted by molar-refractivity contribution is -0.0226. The molecule has 1 fully saturated rings. The van der Waals surface area contributed by atoms with Gasteiger partial charge in [0.2, 0.25) is 0 Å². The lowest BCUT2D eigenvalue weighted by Crippen LogP contribution is -2.69. The molecule has 2 amide bonds. The van der Waals surface area contributed by atoms with Gasteiger partial charge in [0.05, 0.1) is 13.1 Å². The summed E-state index contributed by atoms with van der Waals surface area (Å²) in [6, 6.07) is 12.2. The van der Waals surface area contributed by atoms with Crippen LogP contribution in [0.4, 0.5) is 9.59 Å². The van der Waals surface area contributed by atoms with Crippen LogP contribution in [0.5, 0.6) is 0 Å². The summed E-state index contributed by atoms with van der Waals surface area (Å²) in [6.45, 7) is 13.7. The first kappa shape index (κ1) is 21.9. The zero-order valence-corrected chi connectivity index (χ0v) is 19.0. The maximum Gasteiger partial charge on any atom is 0.410 e. The van der Waals surface area contributed by atoms with Gasteiger partial charge < -0.3 is 19.7 Å². The molecule has 0 atom stereocenters. The molecule has 1 heterocycles. The summed E-state index contributed by atoms with van der Waals surface area (Å²) in [6.07, 6.45) is -0.891. The van der Waals surface area contributed by atoms with E-state index in [9.17, 15) is 9.59 Å². The van der Waals surface area contributed by atoms with Crippen LogP contribution in [0.15, 0.2) is 36.4 Å². The van der Waals surface area contributed by atoms with Crippen LogP contribution in [0.1, 0.15) is 52.7 Å². The smallest absolute Gasteiger partial charge is 0.410 e. The average molecular weight is 413 g/mol. The van der Waals surface area contributed by atoms with Crippen molar-refractivity contribution in [1.29, 1.82) is 0 Å². The van der Waals surface area contributed by atoms with Crippen LogP contribution in [0, 0.1) is 6.92 Å². The summed E-state index contributed by atoms with van der Waals surface area (Å²) < 4.78 is 11.0. The van der Waals surface area contributed by atoms with E-state index >= 15 is 0 Å². The molecule has 0 aliphatic carbocycles. The van der Waals surface area contributed by atoms with Crippen molar-refractivity contribution >= 4 is 23.0 Å². The summed E-state index contributed by atoms with van der Waals surface area (Å²) in [7, 11) is 0. The van der Waals surface area contributed by atoms with Gasteiger partial charge in [-0.15, -0.1) is 0 Å². The third-order valence-electron chi connectivity index (χ3n) is 4.94. The number of amides is 2. The molecule has 0 bridgehead atoms. The predicted molar refractivity (Wildman–Crippen MR) is 118 cm³/mol. The number of hydrogen-bond acceptors (Lipinski definition) is 4. The van der Waals surface area contributed by atoms with Gasteiger partial charge >= 0.3 is 12.2 Å². The number of rotatable bonds is 2. The third kappa shape index (κ3) is 4.69. The molecule has 1 saturated heterocycles. The van der Waals surface area contributed by atoms with Gasteiger partial charge in [0, 0.05) is 0 Å². The second kappa shape index (κ2) is 7.49. The molecule has 2 aromatic rings. The molecule has 1 N–H and O–H groups in total. The normalized spacial score (nSPS) is 16.0. The topological polar surface area (TPSA) is 67.9 Å². The molecule has 0 spiro atoms. The van der Waals surface area contributed by atoms with Crippen molar-refractivity contribution in [2.45, 2.75) is 65.2 Å². The molecule has 2 aromatic carbocycles. The number of nitrogens with zero attached hydrogens (tertiary/aromatic N) is 1. The monoisotopic (exact) mass is 412 g/mol. The van der Waals surface area contributed by atoms with Crippen LogP contribution in [-0.4, -0.2) is 41.4 Å². The maximum absolute atomic E-state index is 12.7. The van der Waals surface area contributed by atoms with Crippen molar-refractivity contribution in [1.82, 2.24) is 10.2 Å². The largest absolute Gasteiger partial charge is 0.444 e. The van der Waals surface area contributed by atoms with E-state index in [1.165, 1.54) is 0 Å². The summed E-state index contributed by atoms with van der Waals surface area (Å²) in [5.41, 5.74) is 0.150. The predicted octanol–water partition coefficient (Wildman–Crippen LogP) is 5.12. The van der Waals surface area contributed by atoms with Crippen LogP contribution in [0.3, 0.4) is 0 Å². The van der Waals surface area contributed by atoms with Gasteiger partial charge in [0.25, 0.3) is 0 Å². The standard InChI is InChI=1S/C24H32N2O4/c1-16-10-8-11-17-12-9-13-18(19(16)17)24(25-20(27)29-22(2,3)4)14-26(15-24)21(28)30-23(5,6)7/h8-13H,14-15H2,1-7H3,(H,25,27). The number of likely N-dealkylation sites (tertiary alicyclic amines) is 1. The fourth-order valence-corrected chi connectivity index (χ4v) is 3.80. The molecule has 1 aliphatic rings. The minimum absolute atomic E-state index is 0.314. The molecular weight excluding hydrogens is 380 g/mol. The molecule has 3 rings (SSSR count). The number of carbonyl (C=O) groups is 2. The first-order chi connectivity index (χ1) is 13.8. The molecule has 0 unspecified atom stereocenters. The van der Waals surface area contributed by atoms with Crippen molar-refractivity contribution in [2.75, 3.05) is 13.1 Å². The Balaban J connectivity index is 1.97. The number of aryl methyl sites for hydroxylation is 1. The van der Waals surface area contributed by atoms with Gasteiger partial charge in [0.15, 0.2) is 0 Å². The Kier molecular flexibility index (Phi) is 5.48. The molecular formula is C24H32N2O4. The number of hydrogen-bond donors (Lipinski definition) is 1. The van der Waals surface area contributed by atoms with Gasteiger partial charge in [-0.25, -0.2) is 9.59 Å². The lowest BCUT2D eigenvalue weighted by atomic mass is 9.79. The van der Waals surface area contributed by atoms with E-state index < -0.39 is 22.8 Å². The molecule has 6 nitrogen and oxygen atoms in total. The van der Waals surface area contributed by atoms with Crippen LogP contribution >= 0.6 is 0 Å². The highest BCUT2D eigenvalue weighted by atomic mass is 16.6. The highest BCUT2D eigenvalue weighted by molar-refractivity contribution is 5.90. The molecule has 30 heavy (non-hydrogen) atoms. The third-order valence-corrected chi connectivity index (χ3v) is 4.94. The molecule has 6 heteroatoms. The van der Waals surface area contributed by atoms with Gasteiger partial charge in [-0.05, 0) is 70.4 Å². The average Bonchev–Trinajstić information content (AvgIpc) is 2.54. The second-order valence-corrected chi connectivity index (χ2v) is 10.0. The van der Waals surface area contributed by atoms with Crippen LogP contribution < -0.4 is 5.32 Å². The Bertz CT molecular complexity index is 958. The maximum atomic E-state index is 12.7. The van der Waals surface area contributed by atoms with E-state index in [0.29, 0.717) is 13.1 Å². The number of nitrogens with one attached hydrogen (secondary N) is 1. The van der Waals surface area contributed by atoms with E-state index in [4.69, 9.17) is 9.47 Å². The van der Waals surface area contributed by atoms with Crippen molar-refractivity contribution in [2.24, 2.45) is 0 Å². The number of carbonyl (C=O) groups excluding carboxylic acids is 2. The first-order valence-corrected chi connectivity index (χ1v) is 10.3. The Hall–Kier alpha value is -2.76. The Morgan fingerprint density at radius 3 is 2.07 bits per heavy atom. The summed E-state index contributed by atoms with van der Waals surface area (Å²) in [4.78, 5) is 26.9. The van der Waals surface area contributed by atoms with E-state index in [1.54, 1.807) is 4.90 Å². The SMILES string of the molecule is Cc1cccc2cccc(C3(NC(=O)OC(C)(C)C)CN(C(=O)OC(C)(C)C)C3)c12. The summed E-state index contributed by atoms with van der Waals surface area (Å²) >= 11 is 0. The van der Waals surface area contributed by atoms with Crippen molar-refractivity contribution < 1.29 is 19.1 Å². The van der Waals surface area contributed by atoms with E-state index in [0.717, 1.165) is 21.9 Å². The summed E-state index contributed by atoms with van der Waals surface area (Å²) in [5.74, 6) is 0. The minimum atomic E-state index is -0.745. The Morgan fingerprint density at radius 1 is 0.933 bits per heavy atom. The highest BCUT2D eigenvalue weighted by Gasteiger charge is 2.50. The van der Waals surface area contributed by atoms with Gasteiger partial charge in [-0.3, -0.25) is 0 Å². The van der Waals surface area contributed by atoms with Crippen LogP contribution in [0.2, 0.25) is 0 Å². The fraction of sp³-hybridized carbons (Fsp3) is 0.500. The number of fused-ring (bicyclic) bond motifs is 1. The molecule has 0 radical (unpaired) electrons. The minimum Gasteiger partial charge on any atom is -0.444 e. The van der Waals surface area contributed by atoms with Gasteiger partial charge in [0.1, 0.15) is 16.7 Å². The quantitative estimate of drug-likeness (QED) is 0.743. The Labute approximate surface area is 178 Å². The highest BCUT2D eigenvalue weighted by Crippen LogP contribution is 2.38. The van der Waals surface area contributed by atoms with Crippen molar-refractivity contribution in [3.8, 4) is 0 Å². The summed E-state index contributed by atoms with van der Waals surface area (Å²) in [5, 5.41) is 5.23. The van der Waals surface area contributed by atoms with E-state index in [2.05, 4.69) is 30.4 Å². The van der Waals surface area contributed by atoms with Crippen LogP contribution in [0.25, 0.3) is 10.8 Å². The van der Waals surface area contributed by atoms with Gasteiger partial charge in [-0.1, -0.05) is 36.4 Å². The molecule has 1 aliphatic heterocycles. The van der Waals surface area contributed by atoms with E-state index in [1.807, 2.05) is 59.7 Å². The Morgan fingerprint density at radius 2 is 1.50 bits per heavy atom. The van der Waals surface area contributed by atoms with Crippen molar-refractivity contribution in [3.63, 3.8) is 0 Å².